The number of amides is 1. The number of halogens is 1. The lowest BCUT2D eigenvalue weighted by Gasteiger charge is -1.99. The maximum Gasteiger partial charge on any atom is 0.244 e. The summed E-state index contributed by atoms with van der Waals surface area (Å²) in [6.07, 6.45) is 8.64. The standard InChI is InChI=1S/C13H16BrN5O/c1-3-19-9-11(14)12(17-19)7-15-13(20)5-4-10-6-16-18(2)8-10/h4-6,8-9H,3,7H2,1-2H3,(H,15,20)/b5-4+. The molecule has 106 valence electrons. The average Bonchev–Trinajstić information content (AvgIpc) is 3.00. The Morgan fingerprint density at radius 2 is 2.30 bits per heavy atom. The Labute approximate surface area is 125 Å². The van der Waals surface area contributed by atoms with E-state index in [0.717, 1.165) is 22.3 Å². The van der Waals surface area contributed by atoms with Crippen LogP contribution in [0.5, 0.6) is 0 Å². The van der Waals surface area contributed by atoms with Crippen molar-refractivity contribution in [2.75, 3.05) is 0 Å². The highest BCUT2D eigenvalue weighted by Crippen LogP contribution is 2.14. The Morgan fingerprint density at radius 3 is 2.90 bits per heavy atom. The first-order valence-electron chi connectivity index (χ1n) is 6.25. The fourth-order valence-electron chi connectivity index (χ4n) is 1.65. The molecule has 0 saturated carbocycles. The summed E-state index contributed by atoms with van der Waals surface area (Å²) in [5.74, 6) is -0.160. The van der Waals surface area contributed by atoms with E-state index in [1.807, 2.05) is 31.0 Å². The summed E-state index contributed by atoms with van der Waals surface area (Å²) < 4.78 is 4.40. The summed E-state index contributed by atoms with van der Waals surface area (Å²) in [4.78, 5) is 11.7. The van der Waals surface area contributed by atoms with Gasteiger partial charge in [0.15, 0.2) is 0 Å². The van der Waals surface area contributed by atoms with Crippen molar-refractivity contribution in [3.8, 4) is 0 Å². The van der Waals surface area contributed by atoms with E-state index in [-0.39, 0.29) is 5.91 Å². The van der Waals surface area contributed by atoms with Crippen molar-refractivity contribution in [1.29, 1.82) is 0 Å². The third-order valence-electron chi connectivity index (χ3n) is 2.69. The molecule has 0 atom stereocenters. The van der Waals surface area contributed by atoms with Gasteiger partial charge in [0.05, 0.1) is 22.9 Å². The zero-order valence-corrected chi connectivity index (χ0v) is 13.0. The van der Waals surface area contributed by atoms with E-state index in [4.69, 9.17) is 0 Å². The average molecular weight is 338 g/mol. The quantitative estimate of drug-likeness (QED) is 0.845. The molecule has 2 rings (SSSR count). The number of nitrogens with zero attached hydrogens (tertiary/aromatic N) is 4. The van der Waals surface area contributed by atoms with Crippen LogP contribution in [0.2, 0.25) is 0 Å². The number of rotatable bonds is 5. The lowest BCUT2D eigenvalue weighted by atomic mass is 10.3. The normalized spacial score (nSPS) is 11.2. The van der Waals surface area contributed by atoms with Crippen LogP contribution in [0, 0.1) is 0 Å². The van der Waals surface area contributed by atoms with E-state index in [0.29, 0.717) is 6.54 Å². The number of aryl methyl sites for hydroxylation is 2. The van der Waals surface area contributed by atoms with Crippen LogP contribution < -0.4 is 5.32 Å². The maximum absolute atomic E-state index is 11.7. The Kier molecular flexibility index (Phi) is 4.73. The van der Waals surface area contributed by atoms with E-state index in [1.54, 1.807) is 17.0 Å². The van der Waals surface area contributed by atoms with E-state index in [9.17, 15) is 4.79 Å². The van der Waals surface area contributed by atoms with Crippen molar-refractivity contribution in [3.63, 3.8) is 0 Å². The van der Waals surface area contributed by atoms with Gasteiger partial charge in [-0.2, -0.15) is 10.2 Å². The van der Waals surface area contributed by atoms with Gasteiger partial charge in [-0.1, -0.05) is 0 Å². The second-order valence-electron chi connectivity index (χ2n) is 4.28. The van der Waals surface area contributed by atoms with E-state index < -0.39 is 0 Å². The number of carbonyl (C=O) groups is 1. The Hall–Kier alpha value is -1.89. The number of carbonyl (C=O) groups excluding carboxylic acids is 1. The molecule has 7 heteroatoms. The maximum atomic E-state index is 11.7. The molecule has 0 aromatic carbocycles. The lowest BCUT2D eigenvalue weighted by molar-refractivity contribution is -0.116. The second kappa shape index (κ2) is 6.51. The summed E-state index contributed by atoms with van der Waals surface area (Å²) in [7, 11) is 1.83. The minimum Gasteiger partial charge on any atom is -0.347 e. The molecule has 0 spiro atoms. The molecule has 1 amide bonds. The van der Waals surface area contributed by atoms with Crippen LogP contribution in [-0.2, 0) is 24.9 Å². The first kappa shape index (κ1) is 14.5. The van der Waals surface area contributed by atoms with Crippen LogP contribution in [-0.4, -0.2) is 25.5 Å². The molecule has 2 heterocycles. The van der Waals surface area contributed by atoms with Crippen molar-refractivity contribution in [2.24, 2.45) is 7.05 Å². The summed E-state index contributed by atoms with van der Waals surface area (Å²) in [6.45, 7) is 3.20. The molecule has 2 aromatic heterocycles. The van der Waals surface area contributed by atoms with Gasteiger partial charge in [0.2, 0.25) is 5.91 Å². The van der Waals surface area contributed by atoms with E-state index in [1.165, 1.54) is 6.08 Å². The third-order valence-corrected chi connectivity index (χ3v) is 3.36. The zero-order chi connectivity index (χ0) is 14.5. The number of hydrogen-bond donors (Lipinski definition) is 1. The molecule has 0 fully saturated rings. The first-order valence-corrected chi connectivity index (χ1v) is 7.04. The monoisotopic (exact) mass is 337 g/mol. The van der Waals surface area contributed by atoms with Gasteiger partial charge in [-0.3, -0.25) is 14.2 Å². The minimum absolute atomic E-state index is 0.160. The third kappa shape index (κ3) is 3.80. The van der Waals surface area contributed by atoms with Crippen molar-refractivity contribution in [1.82, 2.24) is 24.9 Å². The fourth-order valence-corrected chi connectivity index (χ4v) is 2.10. The number of hydrogen-bond acceptors (Lipinski definition) is 3. The van der Waals surface area contributed by atoms with Crippen molar-refractivity contribution < 1.29 is 4.79 Å². The fraction of sp³-hybridized carbons (Fsp3) is 0.308. The van der Waals surface area contributed by atoms with Gasteiger partial charge < -0.3 is 5.32 Å². The number of aromatic nitrogens is 4. The molecule has 1 N–H and O–H groups in total. The lowest BCUT2D eigenvalue weighted by Crippen LogP contribution is -2.20. The van der Waals surface area contributed by atoms with Gasteiger partial charge in [0.25, 0.3) is 0 Å². The topological polar surface area (TPSA) is 64.7 Å². The summed E-state index contributed by atoms with van der Waals surface area (Å²) in [5, 5.41) is 11.2. The molecule has 20 heavy (non-hydrogen) atoms. The Bertz CT molecular complexity index is 628. The van der Waals surface area contributed by atoms with Gasteiger partial charge in [0.1, 0.15) is 0 Å². The molecule has 0 unspecified atom stereocenters. The Balaban J connectivity index is 1.88. The predicted molar refractivity (Wildman–Crippen MR) is 79.7 cm³/mol. The van der Waals surface area contributed by atoms with E-state index >= 15 is 0 Å². The zero-order valence-electron chi connectivity index (χ0n) is 11.4. The van der Waals surface area contributed by atoms with Crippen LogP contribution >= 0.6 is 15.9 Å². The second-order valence-corrected chi connectivity index (χ2v) is 5.13. The van der Waals surface area contributed by atoms with Crippen LogP contribution in [0.4, 0.5) is 0 Å². The smallest absolute Gasteiger partial charge is 0.244 e. The highest BCUT2D eigenvalue weighted by molar-refractivity contribution is 9.10. The van der Waals surface area contributed by atoms with Gasteiger partial charge in [-0.25, -0.2) is 0 Å². The van der Waals surface area contributed by atoms with Crippen LogP contribution in [0.15, 0.2) is 29.1 Å². The molecule has 0 bridgehead atoms. The highest BCUT2D eigenvalue weighted by Gasteiger charge is 2.06. The Morgan fingerprint density at radius 1 is 1.50 bits per heavy atom. The molecule has 2 aromatic rings. The van der Waals surface area contributed by atoms with Crippen molar-refractivity contribution >= 4 is 27.9 Å². The SMILES string of the molecule is CCn1cc(Br)c(CNC(=O)/C=C/c2cnn(C)c2)n1. The number of nitrogens with one attached hydrogen (secondary N) is 1. The van der Waals surface area contributed by atoms with Crippen LogP contribution in [0.1, 0.15) is 18.2 Å². The largest absolute Gasteiger partial charge is 0.347 e. The summed E-state index contributed by atoms with van der Waals surface area (Å²) in [5.41, 5.74) is 1.70. The summed E-state index contributed by atoms with van der Waals surface area (Å²) in [6, 6.07) is 0. The minimum atomic E-state index is -0.160. The molecular weight excluding hydrogens is 322 g/mol. The molecule has 0 aliphatic heterocycles. The molecule has 0 radical (unpaired) electrons. The van der Waals surface area contributed by atoms with Gasteiger partial charge in [-0.15, -0.1) is 0 Å². The molecule has 0 aliphatic carbocycles. The van der Waals surface area contributed by atoms with Gasteiger partial charge in [-0.05, 0) is 28.9 Å². The molecule has 6 nitrogen and oxygen atoms in total. The van der Waals surface area contributed by atoms with Crippen LogP contribution in [0.3, 0.4) is 0 Å². The van der Waals surface area contributed by atoms with Crippen molar-refractivity contribution in [2.45, 2.75) is 20.0 Å². The molecule has 0 aliphatic rings. The van der Waals surface area contributed by atoms with Gasteiger partial charge >= 0.3 is 0 Å². The van der Waals surface area contributed by atoms with Crippen LogP contribution in [0.25, 0.3) is 6.08 Å². The van der Waals surface area contributed by atoms with E-state index in [2.05, 4.69) is 31.4 Å². The first-order chi connectivity index (χ1) is 9.58. The summed E-state index contributed by atoms with van der Waals surface area (Å²) >= 11 is 3.42. The predicted octanol–water partition coefficient (Wildman–Crippen LogP) is 1.73. The van der Waals surface area contributed by atoms with Gasteiger partial charge in [0, 0.05) is 37.6 Å². The highest BCUT2D eigenvalue weighted by atomic mass is 79.9. The molecule has 0 saturated heterocycles. The van der Waals surface area contributed by atoms with Crippen molar-refractivity contribution in [3.05, 3.63) is 40.4 Å². The molecular formula is C13H16BrN5O.